The van der Waals surface area contributed by atoms with Gasteiger partial charge < -0.3 is 19.3 Å². The molecule has 3 rings (SSSR count). The van der Waals surface area contributed by atoms with E-state index in [-0.39, 0.29) is 6.10 Å². The molecule has 0 aromatic heterocycles. The summed E-state index contributed by atoms with van der Waals surface area (Å²) in [6, 6.07) is 5.99. The molecular formula is C16H24N2O4. The standard InChI is InChI=1S/C16H24N2O4/c1-17(10-14(19)11-18-4-6-20-7-5-18)9-13-2-3-15-16(8-13)22-12-21-15/h2-3,8,14,19H,4-7,9-12H2,1H3. The highest BCUT2D eigenvalue weighted by Crippen LogP contribution is 2.32. The van der Waals surface area contributed by atoms with Gasteiger partial charge in [0.05, 0.1) is 19.3 Å². The zero-order valence-corrected chi connectivity index (χ0v) is 13.0. The molecule has 1 aromatic rings. The Hall–Kier alpha value is -1.34. The molecule has 6 heteroatoms. The van der Waals surface area contributed by atoms with Crippen LogP contribution in [0, 0.1) is 0 Å². The first-order valence-electron chi connectivity index (χ1n) is 7.76. The fourth-order valence-electron chi connectivity index (χ4n) is 2.91. The first kappa shape index (κ1) is 15.6. The fraction of sp³-hybridized carbons (Fsp3) is 0.625. The van der Waals surface area contributed by atoms with E-state index in [1.54, 1.807) is 0 Å². The molecule has 0 amide bonds. The van der Waals surface area contributed by atoms with E-state index in [1.807, 2.05) is 25.2 Å². The van der Waals surface area contributed by atoms with Crippen molar-refractivity contribution < 1.29 is 19.3 Å². The molecule has 1 aromatic carbocycles. The predicted octanol–water partition coefficient (Wildman–Crippen LogP) is 0.540. The molecule has 2 aliphatic rings. The number of likely N-dealkylation sites (N-methyl/N-ethyl adjacent to an activating group) is 1. The summed E-state index contributed by atoms with van der Waals surface area (Å²) < 4.78 is 16.0. The molecule has 0 aliphatic carbocycles. The smallest absolute Gasteiger partial charge is 0.231 e. The van der Waals surface area contributed by atoms with E-state index >= 15 is 0 Å². The lowest BCUT2D eigenvalue weighted by Crippen LogP contribution is -2.43. The van der Waals surface area contributed by atoms with Crippen LogP contribution in [0.25, 0.3) is 0 Å². The van der Waals surface area contributed by atoms with Crippen LogP contribution in [0.5, 0.6) is 11.5 Å². The SMILES string of the molecule is CN(Cc1ccc2c(c1)OCO2)CC(O)CN1CCOCC1. The van der Waals surface area contributed by atoms with Crippen molar-refractivity contribution in [2.45, 2.75) is 12.6 Å². The van der Waals surface area contributed by atoms with Crippen molar-refractivity contribution in [2.75, 3.05) is 53.2 Å². The molecule has 2 heterocycles. The van der Waals surface area contributed by atoms with Crippen LogP contribution >= 0.6 is 0 Å². The number of hydrogen-bond donors (Lipinski definition) is 1. The molecular weight excluding hydrogens is 284 g/mol. The quantitative estimate of drug-likeness (QED) is 0.828. The second kappa shape index (κ2) is 7.28. The largest absolute Gasteiger partial charge is 0.454 e. The van der Waals surface area contributed by atoms with Crippen molar-refractivity contribution in [3.8, 4) is 11.5 Å². The van der Waals surface area contributed by atoms with Gasteiger partial charge >= 0.3 is 0 Å². The summed E-state index contributed by atoms with van der Waals surface area (Å²) in [5.41, 5.74) is 1.16. The van der Waals surface area contributed by atoms with Gasteiger partial charge in [-0.2, -0.15) is 0 Å². The van der Waals surface area contributed by atoms with Crippen molar-refractivity contribution in [3.63, 3.8) is 0 Å². The van der Waals surface area contributed by atoms with Crippen LogP contribution in [-0.4, -0.2) is 74.2 Å². The van der Waals surface area contributed by atoms with Gasteiger partial charge in [0, 0.05) is 32.7 Å². The van der Waals surface area contributed by atoms with Gasteiger partial charge in [0.2, 0.25) is 6.79 Å². The molecule has 1 unspecified atom stereocenters. The van der Waals surface area contributed by atoms with Crippen LogP contribution < -0.4 is 9.47 Å². The van der Waals surface area contributed by atoms with E-state index in [2.05, 4.69) is 9.80 Å². The number of ether oxygens (including phenoxy) is 3. The van der Waals surface area contributed by atoms with Crippen LogP contribution in [0.2, 0.25) is 0 Å². The van der Waals surface area contributed by atoms with Gasteiger partial charge in [0.15, 0.2) is 11.5 Å². The maximum Gasteiger partial charge on any atom is 0.231 e. The third-order valence-corrected chi connectivity index (χ3v) is 3.98. The fourth-order valence-corrected chi connectivity index (χ4v) is 2.91. The van der Waals surface area contributed by atoms with Gasteiger partial charge in [-0.3, -0.25) is 9.80 Å². The average molecular weight is 308 g/mol. The van der Waals surface area contributed by atoms with Crippen molar-refractivity contribution >= 4 is 0 Å². The summed E-state index contributed by atoms with van der Waals surface area (Å²) >= 11 is 0. The minimum atomic E-state index is -0.350. The third kappa shape index (κ3) is 4.10. The second-order valence-corrected chi connectivity index (χ2v) is 5.95. The van der Waals surface area contributed by atoms with Crippen molar-refractivity contribution in [1.82, 2.24) is 9.80 Å². The zero-order chi connectivity index (χ0) is 15.4. The van der Waals surface area contributed by atoms with E-state index in [9.17, 15) is 5.11 Å². The Morgan fingerprint density at radius 1 is 1.23 bits per heavy atom. The lowest BCUT2D eigenvalue weighted by atomic mass is 10.2. The topological polar surface area (TPSA) is 54.4 Å². The monoisotopic (exact) mass is 308 g/mol. The Bertz CT molecular complexity index is 491. The Kier molecular flexibility index (Phi) is 5.15. The number of benzene rings is 1. The summed E-state index contributed by atoms with van der Waals surface area (Å²) in [5.74, 6) is 1.61. The number of hydrogen-bond acceptors (Lipinski definition) is 6. The molecule has 22 heavy (non-hydrogen) atoms. The van der Waals surface area contributed by atoms with Crippen LogP contribution in [0.1, 0.15) is 5.56 Å². The Morgan fingerprint density at radius 3 is 2.82 bits per heavy atom. The Morgan fingerprint density at radius 2 is 2.00 bits per heavy atom. The van der Waals surface area contributed by atoms with Crippen molar-refractivity contribution in [3.05, 3.63) is 23.8 Å². The maximum atomic E-state index is 10.2. The molecule has 6 nitrogen and oxygen atoms in total. The van der Waals surface area contributed by atoms with E-state index < -0.39 is 0 Å². The Labute approximate surface area is 131 Å². The van der Waals surface area contributed by atoms with Crippen molar-refractivity contribution in [1.29, 1.82) is 0 Å². The number of nitrogens with zero attached hydrogens (tertiary/aromatic N) is 2. The van der Waals surface area contributed by atoms with E-state index in [4.69, 9.17) is 14.2 Å². The van der Waals surface area contributed by atoms with Gasteiger partial charge in [-0.25, -0.2) is 0 Å². The van der Waals surface area contributed by atoms with Crippen LogP contribution in [0.3, 0.4) is 0 Å². The van der Waals surface area contributed by atoms with Gasteiger partial charge in [-0.05, 0) is 24.7 Å². The minimum absolute atomic E-state index is 0.299. The molecule has 1 saturated heterocycles. The first-order chi connectivity index (χ1) is 10.7. The minimum Gasteiger partial charge on any atom is -0.454 e. The molecule has 0 radical (unpaired) electrons. The molecule has 1 N–H and O–H groups in total. The summed E-state index contributed by atoms with van der Waals surface area (Å²) in [5, 5.41) is 10.2. The first-order valence-corrected chi connectivity index (χ1v) is 7.76. The van der Waals surface area contributed by atoms with E-state index in [1.165, 1.54) is 0 Å². The number of morpholine rings is 1. The number of aliphatic hydroxyl groups is 1. The molecule has 0 spiro atoms. The van der Waals surface area contributed by atoms with Gasteiger partial charge in [-0.15, -0.1) is 0 Å². The highest BCUT2D eigenvalue weighted by Gasteiger charge is 2.17. The van der Waals surface area contributed by atoms with Gasteiger partial charge in [0.25, 0.3) is 0 Å². The lowest BCUT2D eigenvalue weighted by Gasteiger charge is -2.30. The highest BCUT2D eigenvalue weighted by atomic mass is 16.7. The average Bonchev–Trinajstić information content (AvgIpc) is 2.95. The number of fused-ring (bicyclic) bond motifs is 1. The maximum absolute atomic E-state index is 10.2. The molecule has 0 bridgehead atoms. The molecule has 2 aliphatic heterocycles. The second-order valence-electron chi connectivity index (χ2n) is 5.95. The summed E-state index contributed by atoms with van der Waals surface area (Å²) in [6.45, 7) is 5.76. The number of rotatable bonds is 6. The molecule has 0 saturated carbocycles. The van der Waals surface area contributed by atoms with Crippen LogP contribution in [-0.2, 0) is 11.3 Å². The predicted molar refractivity (Wildman–Crippen MR) is 82.2 cm³/mol. The van der Waals surface area contributed by atoms with Crippen LogP contribution in [0.15, 0.2) is 18.2 Å². The normalized spacial score (nSPS) is 19.6. The summed E-state index contributed by atoms with van der Waals surface area (Å²) in [6.07, 6.45) is -0.350. The molecule has 122 valence electrons. The highest BCUT2D eigenvalue weighted by molar-refractivity contribution is 5.44. The number of β-amino-alcohol motifs (C(OH)–C–C–N with tert-alkyl or cyclic N) is 1. The van der Waals surface area contributed by atoms with Crippen LogP contribution in [0.4, 0.5) is 0 Å². The zero-order valence-electron chi connectivity index (χ0n) is 13.0. The number of aliphatic hydroxyl groups excluding tert-OH is 1. The van der Waals surface area contributed by atoms with Gasteiger partial charge in [-0.1, -0.05) is 6.07 Å². The van der Waals surface area contributed by atoms with Gasteiger partial charge in [0.1, 0.15) is 0 Å². The summed E-state index contributed by atoms with van der Waals surface area (Å²) in [7, 11) is 2.02. The molecule has 1 fully saturated rings. The third-order valence-electron chi connectivity index (χ3n) is 3.98. The summed E-state index contributed by atoms with van der Waals surface area (Å²) in [4.78, 5) is 4.38. The molecule has 1 atom stereocenters. The lowest BCUT2D eigenvalue weighted by molar-refractivity contribution is 0.00825. The van der Waals surface area contributed by atoms with E-state index in [0.717, 1.165) is 49.9 Å². The van der Waals surface area contributed by atoms with Crippen molar-refractivity contribution in [2.24, 2.45) is 0 Å². The van der Waals surface area contributed by atoms with E-state index in [0.29, 0.717) is 19.9 Å². The Balaban J connectivity index is 1.46.